The molecule has 0 saturated carbocycles. The van der Waals surface area contributed by atoms with E-state index in [0.717, 1.165) is 18.7 Å². The summed E-state index contributed by atoms with van der Waals surface area (Å²) in [5.41, 5.74) is 1.95. The Morgan fingerprint density at radius 2 is 2.12 bits per heavy atom. The maximum atomic E-state index is 12.3. The highest BCUT2D eigenvalue weighted by Gasteiger charge is 2.35. The zero-order chi connectivity index (χ0) is 16.9. The summed E-state index contributed by atoms with van der Waals surface area (Å²) in [4.78, 5) is 26.2. The van der Waals surface area contributed by atoms with Crippen molar-refractivity contribution < 1.29 is 9.59 Å². The van der Waals surface area contributed by atoms with Gasteiger partial charge in [0.1, 0.15) is 0 Å². The lowest BCUT2D eigenvalue weighted by Crippen LogP contribution is -2.34. The predicted octanol–water partition coefficient (Wildman–Crippen LogP) is 1.61. The second-order valence-electron chi connectivity index (χ2n) is 5.99. The average molecular weight is 326 g/mol. The molecule has 0 aliphatic carbocycles. The van der Waals surface area contributed by atoms with E-state index in [4.69, 9.17) is 0 Å². The number of rotatable bonds is 6. The first kappa shape index (κ1) is 16.2. The van der Waals surface area contributed by atoms with Crippen LogP contribution in [0.3, 0.4) is 0 Å². The van der Waals surface area contributed by atoms with Gasteiger partial charge in [0.15, 0.2) is 0 Å². The molecule has 1 aromatic heterocycles. The number of hydrogen-bond acceptors (Lipinski definition) is 3. The minimum Gasteiger partial charge on any atom is -0.355 e. The van der Waals surface area contributed by atoms with E-state index in [1.807, 2.05) is 43.5 Å². The molecule has 0 unspecified atom stereocenters. The molecular formula is C18H22N4O2. The molecule has 24 heavy (non-hydrogen) atoms. The number of carbonyl (C=O) groups is 2. The third-order valence-corrected chi connectivity index (χ3v) is 4.31. The number of amides is 2. The minimum absolute atomic E-state index is 0.0196. The van der Waals surface area contributed by atoms with Gasteiger partial charge in [0.2, 0.25) is 11.8 Å². The largest absolute Gasteiger partial charge is 0.355 e. The zero-order valence-electron chi connectivity index (χ0n) is 13.8. The number of benzene rings is 1. The molecule has 2 aromatic rings. The Bertz CT molecular complexity index is 711. The van der Waals surface area contributed by atoms with E-state index < -0.39 is 0 Å². The number of anilines is 1. The number of aryl methyl sites for hydroxylation is 1. The van der Waals surface area contributed by atoms with Gasteiger partial charge in [-0.1, -0.05) is 30.3 Å². The van der Waals surface area contributed by atoms with Crippen LogP contribution in [0.1, 0.15) is 18.9 Å². The molecule has 1 aliphatic heterocycles. The molecule has 1 aromatic carbocycles. The fourth-order valence-electron chi connectivity index (χ4n) is 2.92. The molecule has 126 valence electrons. The van der Waals surface area contributed by atoms with E-state index in [1.165, 1.54) is 5.56 Å². The van der Waals surface area contributed by atoms with Gasteiger partial charge in [-0.05, 0) is 18.9 Å². The summed E-state index contributed by atoms with van der Waals surface area (Å²) in [5, 5.41) is 7.13. The highest BCUT2D eigenvalue weighted by atomic mass is 16.2. The van der Waals surface area contributed by atoms with Gasteiger partial charge < -0.3 is 10.2 Å². The topological polar surface area (TPSA) is 67.2 Å². The van der Waals surface area contributed by atoms with Crippen molar-refractivity contribution >= 4 is 17.5 Å². The van der Waals surface area contributed by atoms with Crippen molar-refractivity contribution in [2.24, 2.45) is 5.92 Å². The molecule has 1 atom stereocenters. The van der Waals surface area contributed by atoms with Crippen molar-refractivity contribution in [1.82, 2.24) is 15.1 Å². The highest BCUT2D eigenvalue weighted by molar-refractivity contribution is 6.00. The lowest BCUT2D eigenvalue weighted by Gasteiger charge is -2.14. The third-order valence-electron chi connectivity index (χ3n) is 4.31. The van der Waals surface area contributed by atoms with Crippen LogP contribution < -0.4 is 10.2 Å². The van der Waals surface area contributed by atoms with Crippen LogP contribution in [-0.2, 0) is 22.6 Å². The third kappa shape index (κ3) is 3.64. The smallest absolute Gasteiger partial charge is 0.227 e. The second-order valence-corrected chi connectivity index (χ2v) is 5.99. The summed E-state index contributed by atoms with van der Waals surface area (Å²) >= 11 is 0. The summed E-state index contributed by atoms with van der Waals surface area (Å²) in [5.74, 6) is -0.364. The lowest BCUT2D eigenvalue weighted by atomic mass is 10.1. The van der Waals surface area contributed by atoms with Crippen LogP contribution in [0, 0.1) is 5.92 Å². The maximum Gasteiger partial charge on any atom is 0.227 e. The van der Waals surface area contributed by atoms with Crippen molar-refractivity contribution in [1.29, 1.82) is 0 Å². The normalized spacial score (nSPS) is 17.3. The van der Waals surface area contributed by atoms with Gasteiger partial charge in [0.05, 0.1) is 17.8 Å². The van der Waals surface area contributed by atoms with Gasteiger partial charge in [-0.2, -0.15) is 5.10 Å². The molecule has 0 bridgehead atoms. The Morgan fingerprint density at radius 3 is 2.83 bits per heavy atom. The Hall–Kier alpha value is -2.63. The number of hydrogen-bond donors (Lipinski definition) is 1. The summed E-state index contributed by atoms with van der Waals surface area (Å²) in [6.07, 6.45) is 4.57. The number of aromatic nitrogens is 2. The molecule has 1 N–H and O–H groups in total. The van der Waals surface area contributed by atoms with Gasteiger partial charge in [-0.15, -0.1) is 0 Å². The average Bonchev–Trinajstić information content (AvgIpc) is 3.22. The minimum atomic E-state index is -0.293. The van der Waals surface area contributed by atoms with Crippen molar-refractivity contribution in [3.63, 3.8) is 0 Å². The summed E-state index contributed by atoms with van der Waals surface area (Å²) in [7, 11) is 0. The van der Waals surface area contributed by atoms with E-state index in [-0.39, 0.29) is 24.2 Å². The molecule has 6 nitrogen and oxygen atoms in total. The molecule has 6 heteroatoms. The molecule has 0 spiro atoms. The van der Waals surface area contributed by atoms with Crippen LogP contribution in [0.25, 0.3) is 0 Å². The van der Waals surface area contributed by atoms with E-state index in [0.29, 0.717) is 13.1 Å². The quantitative estimate of drug-likeness (QED) is 0.877. The Morgan fingerprint density at radius 1 is 1.33 bits per heavy atom. The molecule has 1 fully saturated rings. The van der Waals surface area contributed by atoms with E-state index >= 15 is 0 Å². The molecular weight excluding hydrogens is 304 g/mol. The standard InChI is InChI=1S/C18H22N4O2/c1-2-21-13-16(11-20-21)22-12-15(10-17(22)23)18(24)19-9-8-14-6-4-3-5-7-14/h3-7,11,13,15H,2,8-10,12H2,1H3,(H,19,24)/t15-/m1/s1. The molecule has 1 aliphatic rings. The lowest BCUT2D eigenvalue weighted by molar-refractivity contribution is -0.126. The van der Waals surface area contributed by atoms with Crippen LogP contribution in [0.15, 0.2) is 42.7 Å². The SMILES string of the molecule is CCn1cc(N2C[C@H](C(=O)NCCc3ccccc3)CC2=O)cn1. The molecule has 3 rings (SSSR count). The van der Waals surface area contributed by atoms with Crippen molar-refractivity contribution in [3.05, 3.63) is 48.3 Å². The zero-order valence-corrected chi connectivity index (χ0v) is 13.8. The number of nitrogens with one attached hydrogen (secondary N) is 1. The van der Waals surface area contributed by atoms with Gasteiger partial charge >= 0.3 is 0 Å². The summed E-state index contributed by atoms with van der Waals surface area (Å²) in [6, 6.07) is 10.0. The van der Waals surface area contributed by atoms with Crippen LogP contribution in [0.5, 0.6) is 0 Å². The van der Waals surface area contributed by atoms with Crippen molar-refractivity contribution in [3.8, 4) is 0 Å². The van der Waals surface area contributed by atoms with Gasteiger partial charge in [-0.3, -0.25) is 14.3 Å². The maximum absolute atomic E-state index is 12.3. The second kappa shape index (κ2) is 7.29. The summed E-state index contributed by atoms with van der Waals surface area (Å²) in [6.45, 7) is 3.75. The first-order valence-corrected chi connectivity index (χ1v) is 8.32. The molecule has 1 saturated heterocycles. The first-order valence-electron chi connectivity index (χ1n) is 8.32. The first-order chi connectivity index (χ1) is 11.7. The fraction of sp³-hybridized carbons (Fsp3) is 0.389. The molecule has 2 heterocycles. The van der Waals surface area contributed by atoms with Crippen LogP contribution in [0.2, 0.25) is 0 Å². The number of nitrogens with zero attached hydrogens (tertiary/aromatic N) is 3. The summed E-state index contributed by atoms with van der Waals surface area (Å²) < 4.78 is 1.77. The van der Waals surface area contributed by atoms with Crippen LogP contribution >= 0.6 is 0 Å². The van der Waals surface area contributed by atoms with E-state index in [9.17, 15) is 9.59 Å². The van der Waals surface area contributed by atoms with E-state index in [2.05, 4.69) is 10.4 Å². The fourth-order valence-corrected chi connectivity index (χ4v) is 2.92. The Labute approximate surface area is 141 Å². The molecule has 2 amide bonds. The van der Waals surface area contributed by atoms with E-state index in [1.54, 1.807) is 15.8 Å². The van der Waals surface area contributed by atoms with Crippen LogP contribution in [-0.4, -0.2) is 34.7 Å². The predicted molar refractivity (Wildman–Crippen MR) is 91.5 cm³/mol. The monoisotopic (exact) mass is 326 g/mol. The van der Waals surface area contributed by atoms with Gasteiger partial charge in [0, 0.05) is 32.3 Å². The van der Waals surface area contributed by atoms with Crippen molar-refractivity contribution in [2.75, 3.05) is 18.0 Å². The van der Waals surface area contributed by atoms with Gasteiger partial charge in [0.25, 0.3) is 0 Å². The Balaban J connectivity index is 1.52. The highest BCUT2D eigenvalue weighted by Crippen LogP contribution is 2.24. The van der Waals surface area contributed by atoms with Crippen molar-refractivity contribution in [2.45, 2.75) is 26.3 Å². The molecule has 0 radical (unpaired) electrons. The van der Waals surface area contributed by atoms with Gasteiger partial charge in [-0.25, -0.2) is 0 Å². The van der Waals surface area contributed by atoms with Crippen LogP contribution in [0.4, 0.5) is 5.69 Å². The number of carbonyl (C=O) groups excluding carboxylic acids is 2. The Kier molecular flexibility index (Phi) is 4.93.